The van der Waals surface area contributed by atoms with Crippen LogP contribution in [0.4, 0.5) is 0 Å². The van der Waals surface area contributed by atoms with Crippen LogP contribution >= 0.6 is 0 Å². The van der Waals surface area contributed by atoms with Crippen LogP contribution in [0.5, 0.6) is 0 Å². The molecule has 0 aromatic rings. The maximum Gasteiger partial charge on any atom is 0.239 e. The molecule has 3 nitrogen and oxygen atoms in total. The van der Waals surface area contributed by atoms with Gasteiger partial charge in [-0.3, -0.25) is 4.79 Å². The van der Waals surface area contributed by atoms with Crippen LogP contribution in [0.2, 0.25) is 0 Å². The zero-order chi connectivity index (χ0) is 10.8. The fourth-order valence-corrected chi connectivity index (χ4v) is 3.16. The third-order valence-electron chi connectivity index (χ3n) is 3.92. The summed E-state index contributed by atoms with van der Waals surface area (Å²) in [6.07, 6.45) is 7.62. The van der Waals surface area contributed by atoms with Crippen LogP contribution in [-0.4, -0.2) is 29.4 Å². The van der Waals surface area contributed by atoms with Crippen LogP contribution in [0.3, 0.4) is 0 Å². The van der Waals surface area contributed by atoms with Crippen molar-refractivity contribution in [2.24, 2.45) is 11.7 Å². The Balaban J connectivity index is 2.06. The molecule has 2 aliphatic rings. The Morgan fingerprint density at radius 1 is 1.27 bits per heavy atom. The largest absolute Gasteiger partial charge is 0.338 e. The number of carbonyl (C=O) groups is 1. The molecular formula is C12H22N2O. The second-order valence-electron chi connectivity index (χ2n) is 5.07. The molecule has 1 aliphatic heterocycles. The molecule has 0 spiro atoms. The maximum absolute atomic E-state index is 12.0. The van der Waals surface area contributed by atoms with Crippen molar-refractivity contribution in [3.8, 4) is 0 Å². The summed E-state index contributed by atoms with van der Waals surface area (Å²) in [5.74, 6) is 0.918. The topological polar surface area (TPSA) is 46.3 Å². The van der Waals surface area contributed by atoms with E-state index in [2.05, 4.69) is 4.90 Å². The monoisotopic (exact) mass is 210 g/mol. The third kappa shape index (κ3) is 2.17. The van der Waals surface area contributed by atoms with Gasteiger partial charge in [0.2, 0.25) is 5.91 Å². The molecule has 0 radical (unpaired) electrons. The van der Waals surface area contributed by atoms with Crippen molar-refractivity contribution in [1.82, 2.24) is 4.90 Å². The van der Waals surface area contributed by atoms with E-state index in [4.69, 9.17) is 5.73 Å². The average molecular weight is 210 g/mol. The number of piperidine rings is 1. The highest BCUT2D eigenvalue weighted by molar-refractivity contribution is 5.81. The van der Waals surface area contributed by atoms with Crippen molar-refractivity contribution in [3.63, 3.8) is 0 Å². The lowest BCUT2D eigenvalue weighted by Crippen LogP contribution is -2.53. The van der Waals surface area contributed by atoms with E-state index in [-0.39, 0.29) is 11.9 Å². The number of nitrogens with two attached hydrogens (primary N) is 1. The number of hydrogen-bond donors (Lipinski definition) is 1. The van der Waals surface area contributed by atoms with Gasteiger partial charge in [0.1, 0.15) is 0 Å². The van der Waals surface area contributed by atoms with Crippen molar-refractivity contribution in [2.45, 2.75) is 57.5 Å². The summed E-state index contributed by atoms with van der Waals surface area (Å²) >= 11 is 0. The number of likely N-dealkylation sites (tertiary alicyclic amines) is 1. The SMILES string of the molecule is CC(N)C(=O)N1CCCC2CCCCC21. The van der Waals surface area contributed by atoms with Crippen LogP contribution in [0.15, 0.2) is 0 Å². The highest BCUT2D eigenvalue weighted by Crippen LogP contribution is 2.35. The lowest BCUT2D eigenvalue weighted by molar-refractivity contribution is -0.138. The van der Waals surface area contributed by atoms with Crippen molar-refractivity contribution in [3.05, 3.63) is 0 Å². The van der Waals surface area contributed by atoms with Crippen LogP contribution in [0.1, 0.15) is 45.4 Å². The van der Waals surface area contributed by atoms with Gasteiger partial charge in [-0.25, -0.2) is 0 Å². The normalized spacial score (nSPS) is 33.3. The van der Waals surface area contributed by atoms with E-state index in [1.807, 2.05) is 0 Å². The molecule has 1 saturated heterocycles. The van der Waals surface area contributed by atoms with E-state index in [1.165, 1.54) is 38.5 Å². The minimum atomic E-state index is -0.328. The highest BCUT2D eigenvalue weighted by atomic mass is 16.2. The van der Waals surface area contributed by atoms with Crippen LogP contribution in [-0.2, 0) is 4.79 Å². The Morgan fingerprint density at radius 3 is 2.67 bits per heavy atom. The number of carbonyl (C=O) groups excluding carboxylic acids is 1. The molecule has 1 saturated carbocycles. The standard InChI is InChI=1S/C12H22N2O/c1-9(13)12(15)14-8-4-6-10-5-2-3-7-11(10)14/h9-11H,2-8,13H2,1H3. The zero-order valence-corrected chi connectivity index (χ0v) is 9.61. The first kappa shape index (κ1) is 10.9. The van der Waals surface area contributed by atoms with Gasteiger partial charge in [-0.2, -0.15) is 0 Å². The van der Waals surface area contributed by atoms with Gasteiger partial charge in [-0.15, -0.1) is 0 Å². The highest BCUT2D eigenvalue weighted by Gasteiger charge is 2.36. The summed E-state index contributed by atoms with van der Waals surface area (Å²) in [6.45, 7) is 2.73. The van der Waals surface area contributed by atoms with Gasteiger partial charge >= 0.3 is 0 Å². The molecule has 15 heavy (non-hydrogen) atoms. The van der Waals surface area contributed by atoms with E-state index in [0.717, 1.165) is 12.5 Å². The van der Waals surface area contributed by atoms with E-state index in [0.29, 0.717) is 6.04 Å². The Labute approximate surface area is 92.0 Å². The predicted octanol–water partition coefficient (Wildman–Crippen LogP) is 1.51. The molecule has 3 heteroatoms. The van der Waals surface area contributed by atoms with E-state index in [1.54, 1.807) is 6.92 Å². The molecule has 1 amide bonds. The zero-order valence-electron chi connectivity index (χ0n) is 9.61. The second-order valence-corrected chi connectivity index (χ2v) is 5.07. The first-order valence-electron chi connectivity index (χ1n) is 6.26. The minimum Gasteiger partial charge on any atom is -0.338 e. The van der Waals surface area contributed by atoms with E-state index in [9.17, 15) is 4.79 Å². The molecule has 0 bridgehead atoms. The van der Waals surface area contributed by atoms with Gasteiger partial charge in [0.05, 0.1) is 6.04 Å². The molecule has 0 aromatic carbocycles. The van der Waals surface area contributed by atoms with Gasteiger partial charge in [-0.1, -0.05) is 12.8 Å². The van der Waals surface area contributed by atoms with E-state index >= 15 is 0 Å². The smallest absolute Gasteiger partial charge is 0.239 e. The molecular weight excluding hydrogens is 188 g/mol. The second kappa shape index (κ2) is 4.52. The van der Waals surface area contributed by atoms with Crippen molar-refractivity contribution >= 4 is 5.91 Å². The summed E-state index contributed by atoms with van der Waals surface area (Å²) in [5.41, 5.74) is 5.70. The Hall–Kier alpha value is -0.570. The summed E-state index contributed by atoms with van der Waals surface area (Å²) in [4.78, 5) is 14.0. The number of amides is 1. The molecule has 86 valence electrons. The minimum absolute atomic E-state index is 0.159. The van der Waals surface area contributed by atoms with Crippen molar-refractivity contribution in [1.29, 1.82) is 0 Å². The molecule has 0 aromatic heterocycles. The number of rotatable bonds is 1. The number of nitrogens with zero attached hydrogens (tertiary/aromatic N) is 1. The van der Waals surface area contributed by atoms with Gasteiger partial charge in [0.25, 0.3) is 0 Å². The van der Waals surface area contributed by atoms with Crippen molar-refractivity contribution < 1.29 is 4.79 Å². The van der Waals surface area contributed by atoms with Crippen LogP contribution in [0.25, 0.3) is 0 Å². The molecule has 2 fully saturated rings. The lowest BCUT2D eigenvalue weighted by Gasteiger charge is -2.44. The molecule has 1 aliphatic carbocycles. The van der Waals surface area contributed by atoms with E-state index < -0.39 is 0 Å². The van der Waals surface area contributed by atoms with Crippen molar-refractivity contribution in [2.75, 3.05) is 6.54 Å². The number of hydrogen-bond acceptors (Lipinski definition) is 2. The Bertz CT molecular complexity index is 238. The fraction of sp³-hybridized carbons (Fsp3) is 0.917. The van der Waals surface area contributed by atoms with Gasteiger partial charge in [-0.05, 0) is 38.5 Å². The molecule has 2 rings (SSSR count). The number of fused-ring (bicyclic) bond motifs is 1. The summed E-state index contributed by atoms with van der Waals surface area (Å²) < 4.78 is 0. The first-order chi connectivity index (χ1) is 7.20. The first-order valence-corrected chi connectivity index (χ1v) is 6.26. The Morgan fingerprint density at radius 2 is 1.93 bits per heavy atom. The summed E-state index contributed by atoms with van der Waals surface area (Å²) in [6, 6.07) is 0.177. The Kier molecular flexibility index (Phi) is 3.29. The predicted molar refractivity (Wildman–Crippen MR) is 60.3 cm³/mol. The van der Waals surface area contributed by atoms with Gasteiger partial charge < -0.3 is 10.6 Å². The van der Waals surface area contributed by atoms with Crippen LogP contribution < -0.4 is 5.73 Å². The van der Waals surface area contributed by atoms with Gasteiger partial charge in [0.15, 0.2) is 0 Å². The molecule has 1 heterocycles. The summed E-state index contributed by atoms with van der Waals surface area (Å²) in [7, 11) is 0. The van der Waals surface area contributed by atoms with Gasteiger partial charge in [0, 0.05) is 12.6 Å². The average Bonchev–Trinajstić information content (AvgIpc) is 2.27. The molecule has 2 N–H and O–H groups in total. The van der Waals surface area contributed by atoms with Crippen LogP contribution in [0, 0.1) is 5.92 Å². The lowest BCUT2D eigenvalue weighted by atomic mass is 9.78. The molecule has 3 unspecified atom stereocenters. The fourth-order valence-electron chi connectivity index (χ4n) is 3.16. The molecule has 3 atom stereocenters. The quantitative estimate of drug-likeness (QED) is 0.713. The maximum atomic E-state index is 12.0. The third-order valence-corrected chi connectivity index (χ3v) is 3.92. The summed E-state index contributed by atoms with van der Waals surface area (Å²) in [5, 5.41) is 0.